The van der Waals surface area contributed by atoms with Crippen LogP contribution in [-0.2, 0) is 9.53 Å². The van der Waals surface area contributed by atoms with E-state index in [0.717, 1.165) is 24.5 Å². The molecular formula is C9H14O2. The summed E-state index contributed by atoms with van der Waals surface area (Å²) in [6, 6.07) is 0. The molecule has 0 N–H and O–H groups in total. The highest BCUT2D eigenvalue weighted by Crippen LogP contribution is 2.02. The number of allylic oxidation sites excluding steroid dienone is 1. The van der Waals surface area contributed by atoms with Crippen molar-refractivity contribution in [3.05, 3.63) is 24.5 Å². The molecule has 0 rings (SSSR count). The zero-order valence-electron chi connectivity index (χ0n) is 7.09. The highest BCUT2D eigenvalue weighted by molar-refractivity contribution is 5.81. The van der Waals surface area contributed by atoms with Crippen LogP contribution >= 0.6 is 0 Å². The molecule has 0 aliphatic carbocycles. The van der Waals surface area contributed by atoms with Gasteiger partial charge in [-0.3, -0.25) is 0 Å². The molecule has 0 aromatic carbocycles. The van der Waals surface area contributed by atoms with Crippen LogP contribution in [0.4, 0.5) is 0 Å². The SMILES string of the molecule is C=CC(=O)OC=C(C)CCC. The van der Waals surface area contributed by atoms with Gasteiger partial charge < -0.3 is 4.74 Å². The topological polar surface area (TPSA) is 26.3 Å². The summed E-state index contributed by atoms with van der Waals surface area (Å²) >= 11 is 0. The maximum absolute atomic E-state index is 10.5. The van der Waals surface area contributed by atoms with E-state index in [9.17, 15) is 4.79 Å². The third kappa shape index (κ3) is 5.40. The molecule has 0 aromatic heterocycles. The zero-order chi connectivity index (χ0) is 8.69. The van der Waals surface area contributed by atoms with Gasteiger partial charge in [-0.25, -0.2) is 4.79 Å². The van der Waals surface area contributed by atoms with Crippen LogP contribution in [0.25, 0.3) is 0 Å². The Morgan fingerprint density at radius 3 is 2.73 bits per heavy atom. The van der Waals surface area contributed by atoms with E-state index in [1.54, 1.807) is 0 Å². The van der Waals surface area contributed by atoms with Gasteiger partial charge in [-0.1, -0.05) is 19.9 Å². The first-order valence-corrected chi connectivity index (χ1v) is 3.69. The molecule has 0 saturated heterocycles. The fraction of sp³-hybridized carbons (Fsp3) is 0.444. The summed E-state index contributed by atoms with van der Waals surface area (Å²) in [5.41, 5.74) is 1.07. The summed E-state index contributed by atoms with van der Waals surface area (Å²) in [5.74, 6) is -0.402. The van der Waals surface area contributed by atoms with Crippen molar-refractivity contribution in [2.75, 3.05) is 0 Å². The van der Waals surface area contributed by atoms with Crippen molar-refractivity contribution in [1.29, 1.82) is 0 Å². The lowest BCUT2D eigenvalue weighted by Gasteiger charge is -1.96. The van der Waals surface area contributed by atoms with Crippen LogP contribution in [0.1, 0.15) is 26.7 Å². The molecule has 0 fully saturated rings. The largest absolute Gasteiger partial charge is 0.431 e. The van der Waals surface area contributed by atoms with Crippen LogP contribution in [0.3, 0.4) is 0 Å². The van der Waals surface area contributed by atoms with E-state index in [-0.39, 0.29) is 0 Å². The lowest BCUT2D eigenvalue weighted by molar-refractivity contribution is -0.132. The predicted octanol–water partition coefficient (Wildman–Crippen LogP) is 2.42. The summed E-state index contributed by atoms with van der Waals surface area (Å²) in [6.45, 7) is 7.29. The smallest absolute Gasteiger partial charge is 0.334 e. The van der Waals surface area contributed by atoms with Gasteiger partial charge in [0.05, 0.1) is 6.26 Å². The van der Waals surface area contributed by atoms with Crippen LogP contribution < -0.4 is 0 Å². The molecule has 0 saturated carbocycles. The molecular weight excluding hydrogens is 140 g/mol. The van der Waals surface area contributed by atoms with Gasteiger partial charge in [0.2, 0.25) is 0 Å². The molecule has 0 aliphatic heterocycles. The van der Waals surface area contributed by atoms with Crippen molar-refractivity contribution in [3.8, 4) is 0 Å². The van der Waals surface area contributed by atoms with E-state index in [1.807, 2.05) is 6.92 Å². The Bertz CT molecular complexity index is 168. The Morgan fingerprint density at radius 1 is 1.64 bits per heavy atom. The van der Waals surface area contributed by atoms with E-state index in [0.29, 0.717) is 0 Å². The van der Waals surface area contributed by atoms with Crippen molar-refractivity contribution in [2.24, 2.45) is 0 Å². The summed E-state index contributed by atoms with van der Waals surface area (Å²) in [7, 11) is 0. The number of esters is 1. The third-order valence-electron chi connectivity index (χ3n) is 1.19. The fourth-order valence-electron chi connectivity index (χ4n) is 0.660. The molecule has 2 nitrogen and oxygen atoms in total. The van der Waals surface area contributed by atoms with Gasteiger partial charge in [0.1, 0.15) is 0 Å². The number of hydrogen-bond acceptors (Lipinski definition) is 2. The van der Waals surface area contributed by atoms with E-state index in [4.69, 9.17) is 0 Å². The molecule has 2 heteroatoms. The van der Waals surface area contributed by atoms with Gasteiger partial charge in [0, 0.05) is 6.08 Å². The Morgan fingerprint density at radius 2 is 2.27 bits per heavy atom. The number of rotatable bonds is 4. The van der Waals surface area contributed by atoms with E-state index in [2.05, 4.69) is 18.2 Å². The molecule has 0 radical (unpaired) electrons. The second-order valence-electron chi connectivity index (χ2n) is 2.36. The third-order valence-corrected chi connectivity index (χ3v) is 1.19. The van der Waals surface area contributed by atoms with Crippen LogP contribution in [-0.4, -0.2) is 5.97 Å². The van der Waals surface area contributed by atoms with Gasteiger partial charge >= 0.3 is 5.97 Å². The molecule has 0 heterocycles. The van der Waals surface area contributed by atoms with E-state index in [1.165, 1.54) is 6.26 Å². The van der Waals surface area contributed by atoms with Crippen molar-refractivity contribution in [1.82, 2.24) is 0 Å². The summed E-state index contributed by atoms with van der Waals surface area (Å²) in [4.78, 5) is 10.5. The first-order valence-electron chi connectivity index (χ1n) is 3.69. The first kappa shape index (κ1) is 9.95. The minimum atomic E-state index is -0.402. The molecule has 62 valence electrons. The Kier molecular flexibility index (Phi) is 5.17. The summed E-state index contributed by atoms with van der Waals surface area (Å²) in [5, 5.41) is 0. The van der Waals surface area contributed by atoms with Crippen molar-refractivity contribution in [3.63, 3.8) is 0 Å². The molecule has 0 amide bonds. The minimum absolute atomic E-state index is 0.402. The van der Waals surface area contributed by atoms with E-state index < -0.39 is 5.97 Å². The average molecular weight is 154 g/mol. The normalized spacial score (nSPS) is 10.9. The predicted molar refractivity (Wildman–Crippen MR) is 45.0 cm³/mol. The molecule has 0 bridgehead atoms. The molecule has 0 aromatic rings. The number of carbonyl (C=O) groups excluding carboxylic acids is 1. The van der Waals surface area contributed by atoms with E-state index >= 15 is 0 Å². The van der Waals surface area contributed by atoms with Crippen LogP contribution in [0.15, 0.2) is 24.5 Å². The molecule has 0 atom stereocenters. The summed E-state index contributed by atoms with van der Waals surface area (Å²) in [6.07, 6.45) is 4.65. The molecule has 0 unspecified atom stereocenters. The van der Waals surface area contributed by atoms with Crippen molar-refractivity contribution >= 4 is 5.97 Å². The zero-order valence-corrected chi connectivity index (χ0v) is 7.09. The van der Waals surface area contributed by atoms with Gasteiger partial charge in [0.15, 0.2) is 0 Å². The number of hydrogen-bond donors (Lipinski definition) is 0. The minimum Gasteiger partial charge on any atom is -0.431 e. The van der Waals surface area contributed by atoms with Gasteiger partial charge in [-0.15, -0.1) is 0 Å². The standard InChI is InChI=1S/C9H14O2/c1-4-6-8(3)7-11-9(10)5-2/h5,7H,2,4,6H2,1,3H3. The van der Waals surface area contributed by atoms with Crippen LogP contribution in [0, 0.1) is 0 Å². The highest BCUT2D eigenvalue weighted by Gasteiger charge is 1.91. The Balaban J connectivity index is 3.71. The fourth-order valence-corrected chi connectivity index (χ4v) is 0.660. The van der Waals surface area contributed by atoms with Gasteiger partial charge in [-0.2, -0.15) is 0 Å². The second-order valence-corrected chi connectivity index (χ2v) is 2.36. The van der Waals surface area contributed by atoms with Crippen LogP contribution in [0.5, 0.6) is 0 Å². The van der Waals surface area contributed by atoms with Crippen molar-refractivity contribution < 1.29 is 9.53 Å². The lowest BCUT2D eigenvalue weighted by Crippen LogP contribution is -1.93. The Labute approximate surface area is 67.6 Å². The maximum atomic E-state index is 10.5. The first-order chi connectivity index (χ1) is 5.20. The summed E-state index contributed by atoms with van der Waals surface area (Å²) < 4.78 is 4.69. The molecule has 11 heavy (non-hydrogen) atoms. The van der Waals surface area contributed by atoms with Gasteiger partial charge in [0.25, 0.3) is 0 Å². The second kappa shape index (κ2) is 5.71. The van der Waals surface area contributed by atoms with Crippen LogP contribution in [0.2, 0.25) is 0 Å². The highest BCUT2D eigenvalue weighted by atomic mass is 16.5. The quantitative estimate of drug-likeness (QED) is 0.353. The number of ether oxygens (including phenoxy) is 1. The number of carbonyl (C=O) groups is 1. The lowest BCUT2D eigenvalue weighted by atomic mass is 10.2. The van der Waals surface area contributed by atoms with Crippen molar-refractivity contribution in [2.45, 2.75) is 26.7 Å². The average Bonchev–Trinajstić information content (AvgIpc) is 2.01. The maximum Gasteiger partial charge on any atom is 0.334 e. The molecule has 0 spiro atoms. The monoisotopic (exact) mass is 154 g/mol. The Hall–Kier alpha value is -1.05. The van der Waals surface area contributed by atoms with Gasteiger partial charge in [-0.05, 0) is 18.9 Å². The molecule has 0 aliphatic rings.